The van der Waals surface area contributed by atoms with Crippen LogP contribution in [0.3, 0.4) is 0 Å². The van der Waals surface area contributed by atoms with Crippen LogP contribution in [0.2, 0.25) is 0 Å². The molecule has 1 aromatic carbocycles. The normalized spacial score (nSPS) is 16.2. The quantitative estimate of drug-likeness (QED) is 0.858. The molecule has 1 aliphatic rings. The van der Waals surface area contributed by atoms with Crippen molar-refractivity contribution >= 4 is 11.6 Å². The van der Waals surface area contributed by atoms with E-state index in [0.29, 0.717) is 0 Å². The van der Waals surface area contributed by atoms with Crippen LogP contribution in [0, 0.1) is 6.92 Å². The zero-order valence-electron chi connectivity index (χ0n) is 15.2. The molecule has 2 aromatic rings. The summed E-state index contributed by atoms with van der Waals surface area (Å²) >= 11 is 0. The second kappa shape index (κ2) is 7.66. The Kier molecular flexibility index (Phi) is 5.34. The smallest absolute Gasteiger partial charge is 0.244 e. The molecule has 1 fully saturated rings. The molecule has 0 saturated carbocycles. The van der Waals surface area contributed by atoms with Crippen molar-refractivity contribution in [2.24, 2.45) is 0 Å². The maximum atomic E-state index is 13.1. The predicted octanol–water partition coefficient (Wildman–Crippen LogP) is 2.34. The van der Waals surface area contributed by atoms with Gasteiger partial charge < -0.3 is 9.80 Å². The summed E-state index contributed by atoms with van der Waals surface area (Å²) in [6, 6.07) is 12.0. The third-order valence-electron chi connectivity index (χ3n) is 4.71. The first-order chi connectivity index (χ1) is 12.1. The van der Waals surface area contributed by atoms with Crippen molar-refractivity contribution in [2.45, 2.75) is 13.0 Å². The lowest BCUT2D eigenvalue weighted by molar-refractivity contribution is -0.136. The second-order valence-corrected chi connectivity index (χ2v) is 6.80. The topological polar surface area (TPSA) is 39.7 Å². The standard InChI is InChI=1S/C20H26N4O/c1-16-6-4-7-17(14-16)19(22(2)3)20(25)24-12-10-23(11-13-24)18-8-5-9-21-15-18/h4-9,14-15,19H,10-13H2,1-3H3/t19-/m1/s1. The van der Waals surface area contributed by atoms with E-state index in [2.05, 4.69) is 35.0 Å². The number of amides is 1. The Bertz CT molecular complexity index is 709. The van der Waals surface area contributed by atoms with Crippen LogP contribution in [-0.4, -0.2) is 61.0 Å². The number of likely N-dealkylation sites (N-methyl/N-ethyl adjacent to an activating group) is 1. The molecule has 132 valence electrons. The van der Waals surface area contributed by atoms with Gasteiger partial charge in [0.05, 0.1) is 11.9 Å². The third-order valence-corrected chi connectivity index (χ3v) is 4.71. The van der Waals surface area contributed by atoms with Crippen LogP contribution in [0.25, 0.3) is 0 Å². The molecular formula is C20H26N4O. The minimum Gasteiger partial charge on any atom is -0.367 e. The summed E-state index contributed by atoms with van der Waals surface area (Å²) in [6.45, 7) is 5.22. The molecule has 0 bridgehead atoms. The number of carbonyl (C=O) groups excluding carboxylic acids is 1. The average molecular weight is 338 g/mol. The van der Waals surface area contributed by atoms with Crippen LogP contribution in [0.1, 0.15) is 17.2 Å². The van der Waals surface area contributed by atoms with Crippen molar-refractivity contribution in [3.8, 4) is 0 Å². The summed E-state index contributed by atoms with van der Waals surface area (Å²) in [5, 5.41) is 0. The summed E-state index contributed by atoms with van der Waals surface area (Å²) in [7, 11) is 3.94. The van der Waals surface area contributed by atoms with E-state index in [1.54, 1.807) is 6.20 Å². The minimum atomic E-state index is -0.232. The summed E-state index contributed by atoms with van der Waals surface area (Å²) in [5.74, 6) is 0.182. The number of pyridine rings is 1. The fourth-order valence-corrected chi connectivity index (χ4v) is 3.40. The van der Waals surface area contributed by atoms with Crippen molar-refractivity contribution < 1.29 is 4.79 Å². The molecule has 1 saturated heterocycles. The molecule has 0 N–H and O–H groups in total. The lowest BCUT2D eigenvalue weighted by Gasteiger charge is -2.38. The zero-order chi connectivity index (χ0) is 17.8. The van der Waals surface area contributed by atoms with Gasteiger partial charge in [-0.15, -0.1) is 0 Å². The van der Waals surface area contributed by atoms with Gasteiger partial charge in [0, 0.05) is 32.4 Å². The molecule has 1 aliphatic heterocycles. The predicted molar refractivity (Wildman–Crippen MR) is 101 cm³/mol. The number of aromatic nitrogens is 1. The van der Waals surface area contributed by atoms with Gasteiger partial charge in [0.1, 0.15) is 6.04 Å². The maximum absolute atomic E-state index is 13.1. The molecule has 5 heteroatoms. The van der Waals surface area contributed by atoms with Gasteiger partial charge in [-0.3, -0.25) is 14.7 Å². The van der Waals surface area contributed by atoms with Crippen molar-refractivity contribution in [3.05, 3.63) is 59.9 Å². The molecule has 5 nitrogen and oxygen atoms in total. The molecule has 2 heterocycles. The number of aryl methyl sites for hydroxylation is 1. The van der Waals surface area contributed by atoms with Crippen LogP contribution >= 0.6 is 0 Å². The number of piperazine rings is 1. The first kappa shape index (κ1) is 17.4. The van der Waals surface area contributed by atoms with E-state index in [0.717, 1.165) is 37.4 Å². The minimum absolute atomic E-state index is 0.182. The Morgan fingerprint density at radius 1 is 1.12 bits per heavy atom. The lowest BCUT2D eigenvalue weighted by Crippen LogP contribution is -2.51. The number of carbonyl (C=O) groups is 1. The van der Waals surface area contributed by atoms with Crippen LogP contribution in [0.15, 0.2) is 48.8 Å². The van der Waals surface area contributed by atoms with E-state index >= 15 is 0 Å². The molecule has 1 atom stereocenters. The Morgan fingerprint density at radius 2 is 1.88 bits per heavy atom. The van der Waals surface area contributed by atoms with Crippen molar-refractivity contribution in [2.75, 3.05) is 45.2 Å². The number of anilines is 1. The number of benzene rings is 1. The first-order valence-corrected chi connectivity index (χ1v) is 8.73. The van der Waals surface area contributed by atoms with E-state index in [1.807, 2.05) is 48.3 Å². The highest BCUT2D eigenvalue weighted by molar-refractivity contribution is 5.83. The van der Waals surface area contributed by atoms with E-state index in [-0.39, 0.29) is 11.9 Å². The van der Waals surface area contributed by atoms with E-state index in [9.17, 15) is 4.79 Å². The van der Waals surface area contributed by atoms with Crippen molar-refractivity contribution in [1.29, 1.82) is 0 Å². The Balaban J connectivity index is 1.70. The van der Waals surface area contributed by atoms with Gasteiger partial charge in [-0.2, -0.15) is 0 Å². The number of rotatable bonds is 4. The fourth-order valence-electron chi connectivity index (χ4n) is 3.40. The molecule has 25 heavy (non-hydrogen) atoms. The van der Waals surface area contributed by atoms with Gasteiger partial charge in [0.25, 0.3) is 0 Å². The second-order valence-electron chi connectivity index (χ2n) is 6.80. The van der Waals surface area contributed by atoms with Gasteiger partial charge in [-0.05, 0) is 38.7 Å². The highest BCUT2D eigenvalue weighted by Crippen LogP contribution is 2.23. The molecule has 1 amide bonds. The average Bonchev–Trinajstić information content (AvgIpc) is 2.62. The molecular weight excluding hydrogens is 312 g/mol. The summed E-state index contributed by atoms with van der Waals surface area (Å²) in [4.78, 5) is 23.6. The number of hydrogen-bond donors (Lipinski definition) is 0. The van der Waals surface area contributed by atoms with Crippen LogP contribution in [-0.2, 0) is 4.79 Å². The highest BCUT2D eigenvalue weighted by Gasteiger charge is 2.30. The molecule has 3 rings (SSSR count). The van der Waals surface area contributed by atoms with Crippen molar-refractivity contribution in [3.63, 3.8) is 0 Å². The Morgan fingerprint density at radius 3 is 2.48 bits per heavy atom. The SMILES string of the molecule is Cc1cccc([C@H](C(=O)N2CCN(c3cccnc3)CC2)N(C)C)c1. The van der Waals surface area contributed by atoms with E-state index in [4.69, 9.17) is 0 Å². The van der Waals surface area contributed by atoms with Crippen LogP contribution in [0.4, 0.5) is 5.69 Å². The molecule has 1 aromatic heterocycles. The number of hydrogen-bond acceptors (Lipinski definition) is 4. The van der Waals surface area contributed by atoms with Gasteiger partial charge >= 0.3 is 0 Å². The summed E-state index contributed by atoms with van der Waals surface area (Å²) in [5.41, 5.74) is 3.36. The van der Waals surface area contributed by atoms with E-state index in [1.165, 1.54) is 5.56 Å². The number of nitrogens with zero attached hydrogens (tertiary/aromatic N) is 4. The van der Waals surface area contributed by atoms with Gasteiger partial charge in [0.15, 0.2) is 0 Å². The summed E-state index contributed by atoms with van der Waals surface area (Å²) in [6.07, 6.45) is 3.67. The monoisotopic (exact) mass is 338 g/mol. The third kappa shape index (κ3) is 3.99. The fraction of sp³-hybridized carbons (Fsp3) is 0.400. The van der Waals surface area contributed by atoms with Crippen LogP contribution in [0.5, 0.6) is 0 Å². The molecule has 0 radical (unpaired) electrons. The van der Waals surface area contributed by atoms with Crippen molar-refractivity contribution in [1.82, 2.24) is 14.8 Å². The van der Waals surface area contributed by atoms with Gasteiger partial charge in [-0.1, -0.05) is 29.8 Å². The zero-order valence-corrected chi connectivity index (χ0v) is 15.2. The lowest BCUT2D eigenvalue weighted by atomic mass is 10.0. The Labute approximate surface area is 149 Å². The van der Waals surface area contributed by atoms with Crippen LogP contribution < -0.4 is 4.90 Å². The highest BCUT2D eigenvalue weighted by atomic mass is 16.2. The van der Waals surface area contributed by atoms with Gasteiger partial charge in [-0.25, -0.2) is 0 Å². The van der Waals surface area contributed by atoms with Gasteiger partial charge in [0.2, 0.25) is 5.91 Å². The summed E-state index contributed by atoms with van der Waals surface area (Å²) < 4.78 is 0. The molecule has 0 aliphatic carbocycles. The molecule has 0 unspecified atom stereocenters. The largest absolute Gasteiger partial charge is 0.367 e. The first-order valence-electron chi connectivity index (χ1n) is 8.73. The molecule has 0 spiro atoms. The van der Waals surface area contributed by atoms with E-state index < -0.39 is 0 Å². The maximum Gasteiger partial charge on any atom is 0.244 e. The Hall–Kier alpha value is -2.40.